The number of carbonyl (C=O) groups excluding carboxylic acids is 1. The predicted molar refractivity (Wildman–Crippen MR) is 50.4 cm³/mol. The van der Waals surface area contributed by atoms with Gasteiger partial charge in [0.25, 0.3) is 0 Å². The van der Waals surface area contributed by atoms with Gasteiger partial charge >= 0.3 is 0 Å². The Hall–Kier alpha value is -1.40. The van der Waals surface area contributed by atoms with Gasteiger partial charge in [-0.1, -0.05) is 0 Å². The van der Waals surface area contributed by atoms with E-state index in [1.807, 2.05) is 0 Å². The number of carbonyl (C=O) groups is 1. The molecule has 1 rings (SSSR count). The molecule has 0 saturated carbocycles. The molecule has 1 aromatic heterocycles. The van der Waals surface area contributed by atoms with E-state index < -0.39 is 0 Å². The fraction of sp³-hybridized carbons (Fsp3) is 0.500. The minimum absolute atomic E-state index is 0.0700. The number of aliphatic hydroxyl groups excluding tert-OH is 1. The van der Waals surface area contributed by atoms with Gasteiger partial charge < -0.3 is 21.1 Å². The average Bonchev–Trinajstić information content (AvgIpc) is 2.69. The first-order valence-corrected chi connectivity index (χ1v) is 4.33. The van der Waals surface area contributed by atoms with Gasteiger partial charge in [-0.15, -0.1) is 0 Å². The summed E-state index contributed by atoms with van der Waals surface area (Å²) in [5.74, 6) is -0.274. The van der Waals surface area contributed by atoms with E-state index in [0.717, 1.165) is 5.69 Å². The summed E-state index contributed by atoms with van der Waals surface area (Å²) in [5, 5.41) is 11.6. The Kier molecular flexibility index (Phi) is 4.09. The van der Waals surface area contributed by atoms with Crippen molar-refractivity contribution in [3.63, 3.8) is 0 Å². The minimum atomic E-state index is -0.313. The molecule has 0 aliphatic carbocycles. The van der Waals surface area contributed by atoms with Crippen LogP contribution in [0.25, 0.3) is 0 Å². The highest BCUT2D eigenvalue weighted by molar-refractivity contribution is 5.78. The first kappa shape index (κ1) is 10.7. The molecule has 0 aromatic carbocycles. The van der Waals surface area contributed by atoms with Crippen molar-refractivity contribution in [3.8, 4) is 0 Å². The van der Waals surface area contributed by atoms with E-state index in [2.05, 4.69) is 15.3 Å². The van der Waals surface area contributed by atoms with Gasteiger partial charge in [0, 0.05) is 18.3 Å². The molecule has 6 nitrogen and oxygen atoms in total. The Balaban J connectivity index is 2.43. The molecular weight excluding hydrogens is 184 g/mol. The quantitative estimate of drug-likeness (QED) is 0.457. The molecule has 1 amide bonds. The van der Waals surface area contributed by atoms with Crippen LogP contribution in [-0.4, -0.2) is 40.2 Å². The number of hydrogen-bond acceptors (Lipinski definition) is 4. The van der Waals surface area contributed by atoms with Crippen LogP contribution >= 0.6 is 0 Å². The molecule has 0 fully saturated rings. The zero-order valence-corrected chi connectivity index (χ0v) is 7.73. The highest BCUT2D eigenvalue weighted by atomic mass is 16.3. The lowest BCUT2D eigenvalue weighted by Crippen LogP contribution is -2.42. The number of imidazole rings is 1. The van der Waals surface area contributed by atoms with Crippen LogP contribution in [0.1, 0.15) is 5.69 Å². The number of rotatable bonds is 5. The third-order valence-electron chi connectivity index (χ3n) is 1.79. The molecule has 1 unspecified atom stereocenters. The SMILES string of the molecule is NCC(=O)NC(CO)Cc1cnc[nH]1. The molecule has 1 aromatic rings. The number of nitrogens with zero attached hydrogens (tertiary/aromatic N) is 1. The van der Waals surface area contributed by atoms with Crippen molar-refractivity contribution in [3.05, 3.63) is 18.2 Å². The minimum Gasteiger partial charge on any atom is -0.394 e. The van der Waals surface area contributed by atoms with E-state index in [9.17, 15) is 4.79 Å². The normalized spacial score (nSPS) is 12.4. The lowest BCUT2D eigenvalue weighted by Gasteiger charge is -2.14. The van der Waals surface area contributed by atoms with Crippen LogP contribution in [0, 0.1) is 0 Å². The molecular formula is C8H14N4O2. The van der Waals surface area contributed by atoms with Crippen LogP contribution in [0.4, 0.5) is 0 Å². The maximum atomic E-state index is 10.9. The number of nitrogens with one attached hydrogen (secondary N) is 2. The van der Waals surface area contributed by atoms with Crippen LogP contribution in [-0.2, 0) is 11.2 Å². The van der Waals surface area contributed by atoms with Crippen LogP contribution in [0.15, 0.2) is 12.5 Å². The number of hydrogen-bond donors (Lipinski definition) is 4. The van der Waals surface area contributed by atoms with Crippen molar-refractivity contribution >= 4 is 5.91 Å². The van der Waals surface area contributed by atoms with E-state index in [1.54, 1.807) is 12.5 Å². The van der Waals surface area contributed by atoms with Crippen molar-refractivity contribution in [2.24, 2.45) is 5.73 Å². The van der Waals surface area contributed by atoms with Crippen molar-refractivity contribution in [1.82, 2.24) is 15.3 Å². The molecule has 14 heavy (non-hydrogen) atoms. The summed E-state index contributed by atoms with van der Waals surface area (Å²) in [6, 6.07) is -0.313. The number of aromatic amines is 1. The number of aliphatic hydroxyl groups is 1. The Morgan fingerprint density at radius 1 is 1.79 bits per heavy atom. The van der Waals surface area contributed by atoms with Crippen LogP contribution < -0.4 is 11.1 Å². The summed E-state index contributed by atoms with van der Waals surface area (Å²) in [6.45, 7) is -0.190. The van der Waals surface area contributed by atoms with E-state index in [1.165, 1.54) is 0 Å². The summed E-state index contributed by atoms with van der Waals surface area (Å²) in [7, 11) is 0. The maximum Gasteiger partial charge on any atom is 0.234 e. The third-order valence-corrected chi connectivity index (χ3v) is 1.79. The van der Waals surface area contributed by atoms with Crippen molar-refractivity contribution < 1.29 is 9.90 Å². The smallest absolute Gasteiger partial charge is 0.234 e. The summed E-state index contributed by atoms with van der Waals surface area (Å²) < 4.78 is 0. The molecule has 78 valence electrons. The lowest BCUT2D eigenvalue weighted by molar-refractivity contribution is -0.120. The second-order valence-electron chi connectivity index (χ2n) is 2.93. The number of H-pyrrole nitrogens is 1. The van der Waals surface area contributed by atoms with Crippen LogP contribution in [0.2, 0.25) is 0 Å². The molecule has 0 bridgehead atoms. The zero-order valence-electron chi connectivity index (χ0n) is 7.73. The zero-order chi connectivity index (χ0) is 10.4. The molecule has 0 saturated heterocycles. The van der Waals surface area contributed by atoms with Gasteiger partial charge in [-0.2, -0.15) is 0 Å². The van der Waals surface area contributed by atoms with Gasteiger partial charge in [0.2, 0.25) is 5.91 Å². The van der Waals surface area contributed by atoms with Gasteiger partial charge in [-0.05, 0) is 0 Å². The molecule has 0 aliphatic heterocycles. The summed E-state index contributed by atoms with van der Waals surface area (Å²) in [6.07, 6.45) is 3.72. The van der Waals surface area contributed by atoms with Gasteiger partial charge in [0.15, 0.2) is 0 Å². The second-order valence-corrected chi connectivity index (χ2v) is 2.93. The topological polar surface area (TPSA) is 104 Å². The highest BCUT2D eigenvalue weighted by Crippen LogP contribution is 1.97. The molecule has 0 aliphatic rings. The third kappa shape index (κ3) is 3.15. The fourth-order valence-corrected chi connectivity index (χ4v) is 1.11. The Morgan fingerprint density at radius 3 is 3.07 bits per heavy atom. The Morgan fingerprint density at radius 2 is 2.57 bits per heavy atom. The van der Waals surface area contributed by atoms with Gasteiger partial charge in [-0.3, -0.25) is 4.79 Å². The van der Waals surface area contributed by atoms with E-state index in [-0.39, 0.29) is 25.1 Å². The molecule has 1 heterocycles. The monoisotopic (exact) mass is 198 g/mol. The number of nitrogens with two attached hydrogens (primary N) is 1. The standard InChI is InChI=1S/C8H14N4O2/c9-2-8(14)12-7(4-13)1-6-3-10-5-11-6/h3,5,7,13H,1-2,4,9H2,(H,10,11)(H,12,14). The molecule has 0 spiro atoms. The van der Waals surface area contributed by atoms with E-state index >= 15 is 0 Å². The summed E-state index contributed by atoms with van der Waals surface area (Å²) >= 11 is 0. The van der Waals surface area contributed by atoms with Crippen LogP contribution in [0.3, 0.4) is 0 Å². The van der Waals surface area contributed by atoms with E-state index in [0.29, 0.717) is 6.42 Å². The van der Waals surface area contributed by atoms with Gasteiger partial charge in [0.05, 0.1) is 25.5 Å². The molecule has 5 N–H and O–H groups in total. The summed E-state index contributed by atoms with van der Waals surface area (Å²) in [5.41, 5.74) is 6.00. The second kappa shape index (κ2) is 5.36. The van der Waals surface area contributed by atoms with Crippen LogP contribution in [0.5, 0.6) is 0 Å². The predicted octanol–water partition coefficient (Wildman–Crippen LogP) is -1.61. The first-order chi connectivity index (χ1) is 6.76. The van der Waals surface area contributed by atoms with E-state index in [4.69, 9.17) is 10.8 Å². The molecule has 0 radical (unpaired) electrons. The summed E-state index contributed by atoms with van der Waals surface area (Å²) in [4.78, 5) is 17.7. The van der Waals surface area contributed by atoms with Gasteiger partial charge in [0.1, 0.15) is 0 Å². The first-order valence-electron chi connectivity index (χ1n) is 4.33. The average molecular weight is 198 g/mol. The Labute approximate surface area is 81.5 Å². The van der Waals surface area contributed by atoms with Gasteiger partial charge in [-0.25, -0.2) is 4.98 Å². The fourth-order valence-electron chi connectivity index (χ4n) is 1.11. The lowest BCUT2D eigenvalue weighted by atomic mass is 10.2. The molecule has 6 heteroatoms. The largest absolute Gasteiger partial charge is 0.394 e. The van der Waals surface area contributed by atoms with Crippen molar-refractivity contribution in [2.45, 2.75) is 12.5 Å². The Bertz CT molecular complexity index is 273. The number of aromatic nitrogens is 2. The van der Waals surface area contributed by atoms with Crippen molar-refractivity contribution in [2.75, 3.05) is 13.2 Å². The molecule has 1 atom stereocenters. The maximum absolute atomic E-state index is 10.9. The van der Waals surface area contributed by atoms with Crippen molar-refractivity contribution in [1.29, 1.82) is 0 Å². The number of amides is 1. The highest BCUT2D eigenvalue weighted by Gasteiger charge is 2.11.